The zero-order valence-electron chi connectivity index (χ0n) is 31.9. The summed E-state index contributed by atoms with van der Waals surface area (Å²) in [5.41, 5.74) is -8.66. The van der Waals surface area contributed by atoms with Crippen molar-refractivity contribution >= 4 is 17.7 Å². The number of esters is 2. The highest BCUT2D eigenvalue weighted by Gasteiger charge is 2.93. The second-order valence-electron chi connectivity index (χ2n) is 17.3. The van der Waals surface area contributed by atoms with E-state index in [1.165, 1.54) is 6.92 Å². The number of hydrogen-bond acceptors (Lipinski definition) is 13. The lowest BCUT2D eigenvalue weighted by molar-refractivity contribution is -0.409. The molecule has 4 aliphatic heterocycles. The average Bonchev–Trinajstić information content (AvgIpc) is 3.99. The Morgan fingerprint density at radius 3 is 2.38 bits per heavy atom. The van der Waals surface area contributed by atoms with Gasteiger partial charge in [-0.2, -0.15) is 0 Å². The van der Waals surface area contributed by atoms with Gasteiger partial charge in [0.05, 0.1) is 19.1 Å². The topological polar surface area (TPSA) is 183 Å². The summed E-state index contributed by atoms with van der Waals surface area (Å²) in [7, 11) is 0. The highest BCUT2D eigenvalue weighted by atomic mass is 16.9. The van der Waals surface area contributed by atoms with Crippen molar-refractivity contribution in [1.82, 2.24) is 0 Å². The minimum atomic E-state index is -2.55. The van der Waals surface area contributed by atoms with E-state index >= 15 is 0 Å². The summed E-state index contributed by atoms with van der Waals surface area (Å²) in [4.78, 5) is 41.3. The van der Waals surface area contributed by atoms with Crippen LogP contribution in [0.25, 0.3) is 0 Å². The first-order valence-electron chi connectivity index (χ1n) is 19.4. The normalized spacial score (nSPS) is 46.1. The first-order valence-corrected chi connectivity index (χ1v) is 19.4. The van der Waals surface area contributed by atoms with Gasteiger partial charge in [-0.25, -0.2) is 0 Å². The minimum Gasteiger partial charge on any atom is -0.465 e. The minimum absolute atomic E-state index is 0.0194. The van der Waals surface area contributed by atoms with Crippen LogP contribution < -0.4 is 0 Å². The fourth-order valence-corrected chi connectivity index (χ4v) is 10.1. The predicted molar refractivity (Wildman–Crippen MR) is 187 cm³/mol. The van der Waals surface area contributed by atoms with Gasteiger partial charge >= 0.3 is 17.9 Å². The number of aliphatic hydroxyl groups is 3. The molecule has 7 aliphatic rings. The lowest BCUT2D eigenvalue weighted by Gasteiger charge is -2.61. The molecular weight excluding hydrogens is 688 g/mol. The van der Waals surface area contributed by atoms with Gasteiger partial charge in [0.25, 0.3) is 0 Å². The molecule has 2 saturated carbocycles. The van der Waals surface area contributed by atoms with Crippen molar-refractivity contribution in [1.29, 1.82) is 0 Å². The second kappa shape index (κ2) is 13.3. The largest absolute Gasteiger partial charge is 0.465 e. The van der Waals surface area contributed by atoms with E-state index in [-0.39, 0.29) is 43.5 Å². The standard InChI is InChI=1S/C40H56O13/c1-8-9-10-11-12-13-14-15-37-51-33-29-32-36(20-41,50-32)34(45)38(46)26(18-24(6)30(38)44)39(29,52-37)25(19-47-27(42)16-22(2)3)31(49-28(43)17-23(4)5)40(33,53-37)35(7)21-48-35/h12-15,18,22-23,25-26,29,31-34,41,45-46H,8-11,16-17,19-21H2,1-7H3/b13-12+,15-14+/t25-,26-,29+,31+,32+,33-,34-,35-,36+,37+,38-,39+,40+/m1/s1. The van der Waals surface area contributed by atoms with Gasteiger partial charge in [0, 0.05) is 30.8 Å². The summed E-state index contributed by atoms with van der Waals surface area (Å²) in [6.45, 7) is 12.2. The summed E-state index contributed by atoms with van der Waals surface area (Å²) in [5, 5.41) is 35.6. The Balaban J connectivity index is 1.46. The molecule has 3 aliphatic carbocycles. The van der Waals surface area contributed by atoms with Crippen LogP contribution in [-0.2, 0) is 47.5 Å². The number of carbonyl (C=O) groups is 3. The molecule has 13 heteroatoms. The lowest BCUT2D eigenvalue weighted by atomic mass is 9.51. The Labute approximate surface area is 311 Å². The molecule has 3 bridgehead atoms. The number of carbonyl (C=O) groups excluding carboxylic acids is 3. The molecule has 13 atom stereocenters. The maximum Gasteiger partial charge on any atom is 0.306 e. The third-order valence-electron chi connectivity index (χ3n) is 12.6. The predicted octanol–water partition coefficient (Wildman–Crippen LogP) is 3.22. The monoisotopic (exact) mass is 744 g/mol. The van der Waals surface area contributed by atoms with E-state index in [0.29, 0.717) is 0 Å². The molecule has 6 fully saturated rings. The average molecular weight is 745 g/mol. The van der Waals surface area contributed by atoms with Crippen LogP contribution in [0, 0.1) is 29.6 Å². The Morgan fingerprint density at radius 1 is 1.04 bits per heavy atom. The van der Waals surface area contributed by atoms with Gasteiger partial charge in [0.15, 0.2) is 17.0 Å². The summed E-state index contributed by atoms with van der Waals surface area (Å²) in [6.07, 6.45) is 7.86. The summed E-state index contributed by atoms with van der Waals surface area (Å²) in [5.74, 6) is -7.23. The molecule has 0 amide bonds. The number of Topliss-reactive ketones (excluding diaryl/α,β-unsaturated/α-hetero) is 1. The van der Waals surface area contributed by atoms with Crippen molar-refractivity contribution in [2.75, 3.05) is 19.8 Å². The number of allylic oxidation sites excluding steroid dienone is 3. The van der Waals surface area contributed by atoms with Gasteiger partial charge in [-0.1, -0.05) is 71.8 Å². The Kier molecular flexibility index (Phi) is 9.75. The van der Waals surface area contributed by atoms with Crippen LogP contribution in [0.1, 0.15) is 87.0 Å². The van der Waals surface area contributed by atoms with Crippen molar-refractivity contribution in [3.05, 3.63) is 36.0 Å². The van der Waals surface area contributed by atoms with E-state index in [1.807, 2.05) is 46.8 Å². The van der Waals surface area contributed by atoms with Crippen molar-refractivity contribution < 1.29 is 62.9 Å². The van der Waals surface area contributed by atoms with E-state index in [4.69, 9.17) is 33.2 Å². The van der Waals surface area contributed by atoms with Gasteiger partial charge in [0.1, 0.15) is 47.8 Å². The maximum atomic E-state index is 14.1. The molecule has 7 rings (SSSR count). The fourth-order valence-electron chi connectivity index (χ4n) is 10.1. The van der Waals surface area contributed by atoms with Crippen molar-refractivity contribution in [3.8, 4) is 0 Å². The van der Waals surface area contributed by atoms with Gasteiger partial charge in [-0.15, -0.1) is 0 Å². The van der Waals surface area contributed by atoms with Crippen molar-refractivity contribution in [3.63, 3.8) is 0 Å². The van der Waals surface area contributed by atoms with Crippen LogP contribution in [0.3, 0.4) is 0 Å². The third kappa shape index (κ3) is 5.58. The van der Waals surface area contributed by atoms with Crippen LogP contribution >= 0.6 is 0 Å². The fraction of sp³-hybridized carbons (Fsp3) is 0.775. The molecule has 4 saturated heterocycles. The molecule has 0 aromatic carbocycles. The SMILES string of the molecule is CCCCC/C=C/C=C/[C@]12O[C@@H]3[C@@H]4[C@@H]5O[C@]5(CO)[C@@H](O)[C@]5(O)C(=O)C(C)=C[C@H]5[C@@]4(O1)[C@H](COC(=O)CC(C)C)[C@H](OC(=O)CC(C)C)[C@]3([C@@]1(C)CO1)O2. The molecule has 13 nitrogen and oxygen atoms in total. The van der Waals surface area contributed by atoms with Gasteiger partial charge in [-0.3, -0.25) is 14.4 Å². The second-order valence-corrected chi connectivity index (χ2v) is 17.3. The number of epoxide rings is 2. The number of fused-ring (bicyclic) bond motifs is 3. The van der Waals surface area contributed by atoms with E-state index in [1.54, 1.807) is 18.2 Å². The van der Waals surface area contributed by atoms with Crippen LogP contribution in [0.4, 0.5) is 0 Å². The number of ether oxygens (including phenoxy) is 7. The van der Waals surface area contributed by atoms with Gasteiger partial charge in [-0.05, 0) is 44.1 Å². The van der Waals surface area contributed by atoms with Gasteiger partial charge in [0.2, 0.25) is 0 Å². The smallest absolute Gasteiger partial charge is 0.306 e. The first kappa shape index (κ1) is 38.8. The molecule has 0 unspecified atom stereocenters. The molecule has 0 aromatic rings. The number of rotatable bonds is 15. The maximum absolute atomic E-state index is 14.1. The molecule has 0 radical (unpaired) electrons. The Morgan fingerprint density at radius 2 is 1.74 bits per heavy atom. The van der Waals surface area contributed by atoms with E-state index in [0.717, 1.165) is 25.7 Å². The molecule has 0 aromatic heterocycles. The molecule has 3 N–H and O–H groups in total. The van der Waals surface area contributed by atoms with Crippen LogP contribution in [0.15, 0.2) is 36.0 Å². The third-order valence-corrected chi connectivity index (χ3v) is 12.6. The van der Waals surface area contributed by atoms with E-state index in [2.05, 4.69) is 6.92 Å². The molecule has 294 valence electrons. The molecule has 0 spiro atoms. The highest BCUT2D eigenvalue weighted by Crippen LogP contribution is 2.74. The number of unbranched alkanes of at least 4 members (excludes halogenated alkanes) is 3. The first-order chi connectivity index (χ1) is 25.0. The quantitative estimate of drug-likeness (QED) is 0.0963. The van der Waals surface area contributed by atoms with Crippen LogP contribution in [0.5, 0.6) is 0 Å². The Hall–Kier alpha value is -2.49. The zero-order valence-corrected chi connectivity index (χ0v) is 31.9. The summed E-state index contributed by atoms with van der Waals surface area (Å²) >= 11 is 0. The highest BCUT2D eigenvalue weighted by molar-refractivity contribution is 6.05. The van der Waals surface area contributed by atoms with Gasteiger partial charge < -0.3 is 48.5 Å². The number of ketones is 1. The Bertz CT molecular complexity index is 1580. The summed E-state index contributed by atoms with van der Waals surface area (Å²) < 4.78 is 46.1. The molecule has 4 heterocycles. The zero-order chi connectivity index (χ0) is 38.4. The molecular formula is C40H56O13. The van der Waals surface area contributed by atoms with Crippen molar-refractivity contribution in [2.45, 2.75) is 145 Å². The summed E-state index contributed by atoms with van der Waals surface area (Å²) in [6, 6.07) is 0. The van der Waals surface area contributed by atoms with Crippen molar-refractivity contribution in [2.24, 2.45) is 29.6 Å². The number of hydrogen-bond donors (Lipinski definition) is 3. The van der Waals surface area contributed by atoms with Crippen LogP contribution in [-0.4, -0.2) is 111 Å². The lowest BCUT2D eigenvalue weighted by Crippen LogP contribution is -2.79. The van der Waals surface area contributed by atoms with E-state index < -0.39 is 100 Å². The molecule has 53 heavy (non-hydrogen) atoms. The van der Waals surface area contributed by atoms with E-state index in [9.17, 15) is 29.7 Å². The number of aliphatic hydroxyl groups excluding tert-OH is 2. The van der Waals surface area contributed by atoms with Crippen LogP contribution in [0.2, 0.25) is 0 Å².